The molecule has 0 heterocycles. The van der Waals surface area contributed by atoms with Gasteiger partial charge in [-0.05, 0) is 30.5 Å². The number of nitrogens with zero attached hydrogens (tertiary/aromatic N) is 1. The van der Waals surface area contributed by atoms with E-state index in [1.54, 1.807) is 0 Å². The van der Waals surface area contributed by atoms with Gasteiger partial charge >= 0.3 is 0 Å². The van der Waals surface area contributed by atoms with E-state index in [0.29, 0.717) is 6.42 Å². The van der Waals surface area contributed by atoms with Crippen molar-refractivity contribution in [2.24, 2.45) is 0 Å². The van der Waals surface area contributed by atoms with Crippen LogP contribution in [0.4, 0.5) is 0 Å². The van der Waals surface area contributed by atoms with Crippen LogP contribution in [0.3, 0.4) is 0 Å². The molecule has 1 aromatic rings. The molecule has 1 aromatic carbocycles. The van der Waals surface area contributed by atoms with Crippen LogP contribution in [0.15, 0.2) is 28.7 Å². The maximum absolute atomic E-state index is 12.3. The van der Waals surface area contributed by atoms with Crippen LogP contribution in [0, 0.1) is 0 Å². The van der Waals surface area contributed by atoms with Gasteiger partial charge in [-0.3, -0.25) is 4.79 Å². The number of hydrogen-bond donors (Lipinski definition) is 0. The number of amides is 1. The van der Waals surface area contributed by atoms with Gasteiger partial charge in [-0.1, -0.05) is 40.9 Å². The van der Waals surface area contributed by atoms with Crippen LogP contribution in [-0.4, -0.2) is 29.3 Å². The van der Waals surface area contributed by atoms with Crippen molar-refractivity contribution >= 4 is 33.4 Å². The number of hydrogen-bond acceptors (Lipinski definition) is 1. The first kappa shape index (κ1) is 14.9. The first-order chi connectivity index (χ1) is 9.08. The Morgan fingerprint density at radius 1 is 1.42 bits per heavy atom. The fraction of sp³-hybridized carbons (Fsp3) is 0.533. The molecular weight excluding hydrogens is 326 g/mol. The molecule has 1 aliphatic carbocycles. The Morgan fingerprint density at radius 3 is 2.84 bits per heavy atom. The Bertz CT molecular complexity index is 452. The lowest BCUT2D eigenvalue weighted by Crippen LogP contribution is -2.44. The van der Waals surface area contributed by atoms with Crippen molar-refractivity contribution in [1.82, 2.24) is 4.90 Å². The van der Waals surface area contributed by atoms with Gasteiger partial charge in [0.1, 0.15) is 0 Å². The van der Waals surface area contributed by atoms with Gasteiger partial charge in [0, 0.05) is 17.6 Å². The summed E-state index contributed by atoms with van der Waals surface area (Å²) in [6.07, 6.45) is 4.83. The van der Waals surface area contributed by atoms with Crippen molar-refractivity contribution < 1.29 is 4.79 Å². The number of carbonyl (C=O) groups excluding carboxylic acids is 1. The third-order valence-electron chi connectivity index (χ3n) is 3.78. The highest BCUT2D eigenvalue weighted by Crippen LogP contribution is 2.27. The van der Waals surface area contributed by atoms with Crippen molar-refractivity contribution in [2.45, 2.75) is 43.5 Å². The average Bonchev–Trinajstić information content (AvgIpc) is 2.38. The van der Waals surface area contributed by atoms with Gasteiger partial charge in [0.15, 0.2) is 0 Å². The van der Waals surface area contributed by atoms with E-state index in [1.807, 2.05) is 36.2 Å². The second-order valence-corrected chi connectivity index (χ2v) is 6.66. The Balaban J connectivity index is 1.99. The van der Waals surface area contributed by atoms with E-state index < -0.39 is 0 Å². The second kappa shape index (κ2) is 6.76. The highest BCUT2D eigenvalue weighted by atomic mass is 79.9. The summed E-state index contributed by atoms with van der Waals surface area (Å²) in [7, 11) is 1.88. The standard InChI is InChI=1S/C15H19BrClNO/c1-18(14-8-3-2-7-13(14)17)15(19)10-11-5-4-6-12(16)9-11/h4-6,9,13-14H,2-3,7-8,10H2,1H3. The predicted molar refractivity (Wildman–Crippen MR) is 82.5 cm³/mol. The number of carbonyl (C=O) groups is 1. The molecule has 0 N–H and O–H groups in total. The van der Waals surface area contributed by atoms with E-state index in [2.05, 4.69) is 15.9 Å². The number of rotatable bonds is 3. The molecule has 2 atom stereocenters. The summed E-state index contributed by atoms with van der Waals surface area (Å²) in [4.78, 5) is 14.2. The lowest BCUT2D eigenvalue weighted by Gasteiger charge is -2.35. The molecule has 0 aliphatic heterocycles. The van der Waals surface area contributed by atoms with Gasteiger partial charge in [-0.25, -0.2) is 0 Å². The van der Waals surface area contributed by atoms with Gasteiger partial charge in [0.25, 0.3) is 0 Å². The molecule has 1 fully saturated rings. The van der Waals surface area contributed by atoms with E-state index in [-0.39, 0.29) is 17.3 Å². The van der Waals surface area contributed by atoms with Crippen molar-refractivity contribution in [3.63, 3.8) is 0 Å². The monoisotopic (exact) mass is 343 g/mol. The molecule has 19 heavy (non-hydrogen) atoms. The summed E-state index contributed by atoms with van der Waals surface area (Å²) >= 11 is 9.78. The average molecular weight is 345 g/mol. The van der Waals surface area contributed by atoms with Crippen LogP contribution in [-0.2, 0) is 11.2 Å². The van der Waals surface area contributed by atoms with Crippen molar-refractivity contribution in [2.75, 3.05) is 7.05 Å². The number of likely N-dealkylation sites (N-methyl/N-ethyl adjacent to an activating group) is 1. The highest BCUT2D eigenvalue weighted by molar-refractivity contribution is 9.10. The summed E-state index contributed by atoms with van der Waals surface area (Å²) in [5.74, 6) is 0.149. The minimum atomic E-state index is 0.102. The Hall–Kier alpha value is -0.540. The summed E-state index contributed by atoms with van der Waals surface area (Å²) in [6.45, 7) is 0. The summed E-state index contributed by atoms with van der Waals surface area (Å²) in [5, 5.41) is 0.102. The molecular formula is C15H19BrClNO. The number of alkyl halides is 1. The lowest BCUT2D eigenvalue weighted by atomic mass is 9.93. The van der Waals surface area contributed by atoms with Crippen LogP contribution in [0.25, 0.3) is 0 Å². The van der Waals surface area contributed by atoms with Gasteiger partial charge < -0.3 is 4.90 Å². The van der Waals surface area contributed by atoms with E-state index in [0.717, 1.165) is 22.9 Å². The van der Waals surface area contributed by atoms with E-state index in [1.165, 1.54) is 12.8 Å². The molecule has 4 heteroatoms. The van der Waals surface area contributed by atoms with Gasteiger partial charge in [0.05, 0.1) is 11.8 Å². The molecule has 2 rings (SSSR count). The Labute approximate surface area is 128 Å². The predicted octanol–water partition coefficient (Wildman–Crippen LogP) is 4.00. The molecule has 104 valence electrons. The molecule has 0 radical (unpaired) electrons. The first-order valence-electron chi connectivity index (χ1n) is 6.72. The maximum Gasteiger partial charge on any atom is 0.227 e. The minimum Gasteiger partial charge on any atom is -0.341 e. The number of halogens is 2. The molecule has 2 nitrogen and oxygen atoms in total. The zero-order valence-corrected chi connectivity index (χ0v) is 13.5. The van der Waals surface area contributed by atoms with Crippen molar-refractivity contribution in [1.29, 1.82) is 0 Å². The van der Waals surface area contributed by atoms with E-state index >= 15 is 0 Å². The summed E-state index contributed by atoms with van der Waals surface area (Å²) in [6, 6.07) is 8.08. The molecule has 2 unspecified atom stereocenters. The second-order valence-electron chi connectivity index (χ2n) is 5.18. The fourth-order valence-electron chi connectivity index (χ4n) is 2.63. The Kier molecular flexibility index (Phi) is 5.28. The molecule has 0 saturated heterocycles. The zero-order chi connectivity index (χ0) is 13.8. The molecule has 0 aromatic heterocycles. The normalized spacial score (nSPS) is 23.1. The van der Waals surface area contributed by atoms with Crippen molar-refractivity contribution in [3.8, 4) is 0 Å². The molecule has 0 spiro atoms. The van der Waals surface area contributed by atoms with Gasteiger partial charge in [-0.15, -0.1) is 11.6 Å². The fourth-order valence-corrected chi connectivity index (χ4v) is 3.53. The van der Waals surface area contributed by atoms with Gasteiger partial charge in [-0.2, -0.15) is 0 Å². The van der Waals surface area contributed by atoms with Crippen LogP contribution in [0.2, 0.25) is 0 Å². The smallest absolute Gasteiger partial charge is 0.227 e. The topological polar surface area (TPSA) is 20.3 Å². The maximum atomic E-state index is 12.3. The van der Waals surface area contributed by atoms with E-state index in [4.69, 9.17) is 11.6 Å². The van der Waals surface area contributed by atoms with Crippen LogP contribution >= 0.6 is 27.5 Å². The van der Waals surface area contributed by atoms with Crippen molar-refractivity contribution in [3.05, 3.63) is 34.3 Å². The Morgan fingerprint density at radius 2 is 2.16 bits per heavy atom. The van der Waals surface area contributed by atoms with Crippen LogP contribution < -0.4 is 0 Å². The number of benzene rings is 1. The van der Waals surface area contributed by atoms with Crippen LogP contribution in [0.1, 0.15) is 31.2 Å². The lowest BCUT2D eigenvalue weighted by molar-refractivity contribution is -0.131. The third-order valence-corrected chi connectivity index (χ3v) is 4.78. The summed E-state index contributed by atoms with van der Waals surface area (Å²) in [5.41, 5.74) is 1.04. The highest BCUT2D eigenvalue weighted by Gasteiger charge is 2.29. The quantitative estimate of drug-likeness (QED) is 0.759. The van der Waals surface area contributed by atoms with Crippen LogP contribution in [0.5, 0.6) is 0 Å². The summed E-state index contributed by atoms with van der Waals surface area (Å²) < 4.78 is 1.01. The zero-order valence-electron chi connectivity index (χ0n) is 11.1. The molecule has 1 saturated carbocycles. The molecule has 1 amide bonds. The molecule has 0 bridgehead atoms. The van der Waals surface area contributed by atoms with Gasteiger partial charge in [0.2, 0.25) is 5.91 Å². The SMILES string of the molecule is CN(C(=O)Cc1cccc(Br)c1)C1CCCCC1Cl. The molecule has 1 aliphatic rings. The first-order valence-corrected chi connectivity index (χ1v) is 7.95. The largest absolute Gasteiger partial charge is 0.341 e. The minimum absolute atomic E-state index is 0.102. The van der Waals surface area contributed by atoms with E-state index in [9.17, 15) is 4.79 Å². The third kappa shape index (κ3) is 3.96.